The summed E-state index contributed by atoms with van der Waals surface area (Å²) in [4.78, 5) is 12.4. The Balaban J connectivity index is 2.19. The lowest BCUT2D eigenvalue weighted by Crippen LogP contribution is -2.08. The van der Waals surface area contributed by atoms with Gasteiger partial charge in [0.05, 0.1) is 0 Å². The maximum atomic E-state index is 11.1. The van der Waals surface area contributed by atoms with Crippen molar-refractivity contribution in [3.8, 4) is 0 Å². The Morgan fingerprint density at radius 1 is 1.10 bits per heavy atom. The molecule has 0 aliphatic carbocycles. The van der Waals surface area contributed by atoms with Crippen molar-refractivity contribution in [3.05, 3.63) is 71.3 Å². The van der Waals surface area contributed by atoms with Crippen molar-refractivity contribution in [3.63, 3.8) is 0 Å². The van der Waals surface area contributed by atoms with Gasteiger partial charge in [0.25, 0.3) is 0 Å². The quantitative estimate of drug-likeness (QED) is 0.914. The van der Waals surface area contributed by atoms with Crippen molar-refractivity contribution in [1.29, 1.82) is 0 Å². The largest absolute Gasteiger partial charge is 0.369 e. The third-order valence-corrected chi connectivity index (χ3v) is 4.50. The van der Waals surface area contributed by atoms with Gasteiger partial charge in [0, 0.05) is 17.1 Å². The molecule has 3 rings (SSSR count). The molecule has 2 nitrogen and oxygen atoms in total. The molecular formula is C17H15NOS. The molecule has 0 atom stereocenters. The van der Waals surface area contributed by atoms with Crippen LogP contribution < -0.4 is 5.73 Å². The lowest BCUT2D eigenvalue weighted by molar-refractivity contribution is -0.117. The molecule has 0 bridgehead atoms. The number of carbonyl (C=O) groups is 1. The molecule has 0 radical (unpaired) electrons. The fraction of sp³-hybridized carbons (Fsp3) is 0.118. The van der Waals surface area contributed by atoms with Crippen LogP contribution in [-0.4, -0.2) is 5.91 Å². The molecule has 0 fully saturated rings. The highest BCUT2D eigenvalue weighted by Crippen LogP contribution is 2.39. The standard InChI is InChI=1S/C17H15NOS/c18-17(19)10-9-14-13-6-2-1-5-12(13)11-20-16-8-4-3-7-15(14)16/h1-9H,10-11H2,(H2,18,19)/b14-9-. The smallest absolute Gasteiger partial charge is 0.221 e. The Labute approximate surface area is 122 Å². The first-order chi connectivity index (χ1) is 9.75. The van der Waals surface area contributed by atoms with Crippen molar-refractivity contribution in [1.82, 2.24) is 0 Å². The van der Waals surface area contributed by atoms with Crippen LogP contribution in [0.5, 0.6) is 0 Å². The van der Waals surface area contributed by atoms with E-state index in [1.165, 1.54) is 21.6 Å². The predicted molar refractivity (Wildman–Crippen MR) is 83.3 cm³/mol. The van der Waals surface area contributed by atoms with Gasteiger partial charge in [0.2, 0.25) is 5.91 Å². The number of rotatable bonds is 2. The van der Waals surface area contributed by atoms with Crippen LogP contribution in [0.25, 0.3) is 5.57 Å². The van der Waals surface area contributed by atoms with Gasteiger partial charge in [-0.1, -0.05) is 48.5 Å². The average molecular weight is 281 g/mol. The number of hydrogen-bond acceptors (Lipinski definition) is 2. The van der Waals surface area contributed by atoms with Crippen molar-refractivity contribution in [2.24, 2.45) is 5.73 Å². The highest BCUT2D eigenvalue weighted by molar-refractivity contribution is 7.98. The van der Waals surface area contributed by atoms with Gasteiger partial charge in [-0.2, -0.15) is 0 Å². The maximum Gasteiger partial charge on any atom is 0.221 e. The summed E-state index contributed by atoms with van der Waals surface area (Å²) in [5.41, 5.74) is 10.1. The Hall–Kier alpha value is -2.00. The number of primary amides is 1. The van der Waals surface area contributed by atoms with E-state index in [-0.39, 0.29) is 12.3 Å². The first kappa shape index (κ1) is 13.0. The number of hydrogen-bond donors (Lipinski definition) is 1. The molecule has 20 heavy (non-hydrogen) atoms. The van der Waals surface area contributed by atoms with Gasteiger partial charge in [0.1, 0.15) is 0 Å². The van der Waals surface area contributed by atoms with E-state index in [2.05, 4.69) is 30.3 Å². The fourth-order valence-corrected chi connectivity index (χ4v) is 3.52. The monoisotopic (exact) mass is 281 g/mol. The number of nitrogens with two attached hydrogens (primary N) is 1. The molecule has 2 aromatic carbocycles. The Morgan fingerprint density at radius 2 is 1.80 bits per heavy atom. The fourth-order valence-electron chi connectivity index (χ4n) is 2.45. The predicted octanol–water partition coefficient (Wildman–Crippen LogP) is 3.60. The number of fused-ring (bicyclic) bond motifs is 2. The van der Waals surface area contributed by atoms with Gasteiger partial charge in [-0.3, -0.25) is 4.79 Å². The van der Waals surface area contributed by atoms with E-state index in [1.54, 1.807) is 0 Å². The van der Waals surface area contributed by atoms with E-state index < -0.39 is 0 Å². The molecule has 2 N–H and O–H groups in total. The molecule has 0 saturated heterocycles. The highest BCUT2D eigenvalue weighted by Gasteiger charge is 2.17. The second-order valence-corrected chi connectivity index (χ2v) is 5.75. The number of benzene rings is 2. The van der Waals surface area contributed by atoms with Crippen LogP contribution in [0.15, 0.2) is 59.5 Å². The molecule has 0 saturated carbocycles. The highest BCUT2D eigenvalue weighted by atomic mass is 32.2. The van der Waals surface area contributed by atoms with Crippen LogP contribution in [0.1, 0.15) is 23.1 Å². The minimum absolute atomic E-state index is 0.267. The molecule has 3 heteroatoms. The second kappa shape index (κ2) is 5.55. The normalized spacial score (nSPS) is 15.3. The molecule has 1 aliphatic rings. The number of amides is 1. The maximum absolute atomic E-state index is 11.1. The van der Waals surface area contributed by atoms with Gasteiger partial charge in [-0.05, 0) is 28.3 Å². The van der Waals surface area contributed by atoms with Gasteiger partial charge >= 0.3 is 0 Å². The minimum atomic E-state index is -0.302. The van der Waals surface area contributed by atoms with E-state index in [0.29, 0.717) is 0 Å². The van der Waals surface area contributed by atoms with E-state index in [0.717, 1.165) is 11.3 Å². The lowest BCUT2D eigenvalue weighted by atomic mass is 9.93. The molecule has 0 spiro atoms. The zero-order valence-corrected chi connectivity index (χ0v) is 11.8. The Bertz CT molecular complexity index is 641. The third kappa shape index (κ3) is 2.49. The Morgan fingerprint density at radius 3 is 2.60 bits per heavy atom. The zero-order valence-electron chi connectivity index (χ0n) is 11.0. The van der Waals surface area contributed by atoms with Gasteiger partial charge < -0.3 is 5.73 Å². The van der Waals surface area contributed by atoms with Crippen LogP contribution in [0, 0.1) is 0 Å². The summed E-state index contributed by atoms with van der Waals surface area (Å²) in [6.45, 7) is 0. The average Bonchev–Trinajstić information content (AvgIpc) is 2.62. The van der Waals surface area contributed by atoms with Crippen molar-refractivity contribution in [2.75, 3.05) is 0 Å². The first-order valence-electron chi connectivity index (χ1n) is 6.54. The summed E-state index contributed by atoms with van der Waals surface area (Å²) < 4.78 is 0. The molecule has 0 aromatic heterocycles. The number of carbonyl (C=O) groups excluding carboxylic acids is 1. The lowest BCUT2D eigenvalue weighted by Gasteiger charge is -2.10. The third-order valence-electron chi connectivity index (χ3n) is 3.38. The number of thioether (sulfide) groups is 1. The topological polar surface area (TPSA) is 43.1 Å². The summed E-state index contributed by atoms with van der Waals surface area (Å²) in [6.07, 6.45) is 2.22. The van der Waals surface area contributed by atoms with E-state index in [1.807, 2.05) is 36.0 Å². The van der Waals surface area contributed by atoms with Crippen molar-refractivity contribution in [2.45, 2.75) is 17.1 Å². The van der Waals surface area contributed by atoms with E-state index >= 15 is 0 Å². The first-order valence-corrected chi connectivity index (χ1v) is 7.53. The summed E-state index contributed by atoms with van der Waals surface area (Å²) in [6, 6.07) is 16.7. The van der Waals surface area contributed by atoms with Gasteiger partial charge in [-0.15, -0.1) is 11.8 Å². The summed E-state index contributed by atoms with van der Waals surface area (Å²) in [5, 5.41) is 0. The molecule has 1 heterocycles. The van der Waals surface area contributed by atoms with Crippen molar-refractivity contribution < 1.29 is 4.79 Å². The SMILES string of the molecule is NC(=O)C/C=C1/c2ccccc2CSc2ccccc21. The summed E-state index contributed by atoms with van der Waals surface area (Å²) in [5.74, 6) is 0.644. The summed E-state index contributed by atoms with van der Waals surface area (Å²) in [7, 11) is 0. The van der Waals surface area contributed by atoms with Crippen LogP contribution in [0.4, 0.5) is 0 Å². The van der Waals surface area contributed by atoms with Gasteiger partial charge in [-0.25, -0.2) is 0 Å². The molecule has 0 unspecified atom stereocenters. The van der Waals surface area contributed by atoms with Crippen LogP contribution in [0.2, 0.25) is 0 Å². The molecule has 1 aliphatic heterocycles. The summed E-state index contributed by atoms with van der Waals surface area (Å²) >= 11 is 1.83. The van der Waals surface area contributed by atoms with Crippen LogP contribution in [0.3, 0.4) is 0 Å². The molecular weight excluding hydrogens is 266 g/mol. The van der Waals surface area contributed by atoms with E-state index in [9.17, 15) is 4.79 Å². The molecule has 1 amide bonds. The van der Waals surface area contributed by atoms with Gasteiger partial charge in [0.15, 0.2) is 0 Å². The van der Waals surface area contributed by atoms with Crippen LogP contribution in [-0.2, 0) is 10.5 Å². The zero-order chi connectivity index (χ0) is 13.9. The second-order valence-electron chi connectivity index (χ2n) is 4.73. The molecule has 2 aromatic rings. The Kier molecular flexibility index (Phi) is 3.61. The van der Waals surface area contributed by atoms with E-state index in [4.69, 9.17) is 5.73 Å². The van der Waals surface area contributed by atoms with Crippen molar-refractivity contribution >= 4 is 23.2 Å². The molecule has 100 valence electrons. The minimum Gasteiger partial charge on any atom is -0.369 e. The van der Waals surface area contributed by atoms with Crippen LogP contribution >= 0.6 is 11.8 Å².